The van der Waals surface area contributed by atoms with Crippen molar-refractivity contribution < 1.29 is 28.6 Å². The van der Waals surface area contributed by atoms with E-state index in [4.69, 9.17) is 14.2 Å². The van der Waals surface area contributed by atoms with Gasteiger partial charge in [-0.3, -0.25) is 14.4 Å². The van der Waals surface area contributed by atoms with Crippen LogP contribution in [-0.2, 0) is 28.6 Å². The molecule has 0 aliphatic carbocycles. The summed E-state index contributed by atoms with van der Waals surface area (Å²) in [6, 6.07) is 0. The summed E-state index contributed by atoms with van der Waals surface area (Å²) in [6.07, 6.45) is 82.0. The van der Waals surface area contributed by atoms with Gasteiger partial charge < -0.3 is 14.2 Å². The monoisotopic (exact) mass is 947 g/mol. The molecule has 0 amide bonds. The van der Waals surface area contributed by atoms with Crippen molar-refractivity contribution >= 4 is 17.9 Å². The summed E-state index contributed by atoms with van der Waals surface area (Å²) in [6.45, 7) is 6.15. The minimum atomic E-state index is -0.846. The topological polar surface area (TPSA) is 78.9 Å². The molecule has 0 aromatic heterocycles. The molecule has 0 aromatic rings. The molecule has 1 atom stereocenters. The van der Waals surface area contributed by atoms with Crippen molar-refractivity contribution in [1.29, 1.82) is 0 Å². The van der Waals surface area contributed by atoms with Gasteiger partial charge in [-0.2, -0.15) is 0 Å². The molecule has 0 spiro atoms. The van der Waals surface area contributed by atoms with Crippen LogP contribution >= 0.6 is 0 Å². The van der Waals surface area contributed by atoms with Crippen LogP contribution in [0.25, 0.3) is 0 Å². The maximum Gasteiger partial charge on any atom is 0.306 e. The first-order chi connectivity index (χ1) is 34.0. The molecule has 0 unspecified atom stereocenters. The fourth-order valence-corrected chi connectivity index (χ4v) is 6.32. The second kappa shape index (κ2) is 55.4. The molecule has 6 nitrogen and oxygen atoms in total. The fraction of sp³-hybridized carbons (Fsp3) is 0.508. The number of hydrogen-bond acceptors (Lipinski definition) is 6. The Morgan fingerprint density at radius 3 is 0.870 bits per heavy atom. The van der Waals surface area contributed by atoms with E-state index in [-0.39, 0.29) is 44.0 Å². The lowest BCUT2D eigenvalue weighted by atomic mass is 10.1. The van der Waals surface area contributed by atoms with E-state index in [2.05, 4.69) is 191 Å². The molecule has 0 aliphatic heterocycles. The lowest BCUT2D eigenvalue weighted by Gasteiger charge is -2.18. The van der Waals surface area contributed by atoms with Crippen molar-refractivity contribution in [3.8, 4) is 0 Å². The van der Waals surface area contributed by atoms with Crippen molar-refractivity contribution in [1.82, 2.24) is 0 Å². The number of rotatable bonds is 45. The van der Waals surface area contributed by atoms with Crippen LogP contribution in [0.15, 0.2) is 170 Å². The maximum atomic E-state index is 12.8. The molecule has 6 heteroatoms. The lowest BCUT2D eigenvalue weighted by molar-refractivity contribution is -0.167. The normalized spacial score (nSPS) is 13.5. The molecule has 0 rings (SSSR count). The van der Waals surface area contributed by atoms with Crippen molar-refractivity contribution in [3.63, 3.8) is 0 Å². The molecule has 0 radical (unpaired) electrons. The standard InChI is InChI=1S/C63H94O6/c1-4-7-10-13-16-19-22-25-28-30-31-33-36-38-41-44-47-50-53-56-62(65)68-59-60(69-63(66)57-54-51-48-45-42-39-34-27-24-21-18-15-12-9-6-3)58-67-61(64)55-52-49-46-43-40-37-35-32-29-26-23-20-17-14-11-8-5-2/h7-12,16-21,25-29,31,33-35,37-38,41-43,45-46,60H,4-6,13-15,22-24,30,32,36,39-40,44,47-59H2,1-3H3/b10-7-,11-8-,12-9-,19-16-,20-17-,21-18-,28-25-,29-26-,33-31-,34-27-,37-35-,41-38-,45-42-,46-43-/t60-/m0/s1. The molecule has 0 aliphatic rings. The van der Waals surface area contributed by atoms with Crippen molar-refractivity contribution in [2.45, 2.75) is 194 Å². The van der Waals surface area contributed by atoms with Crippen LogP contribution in [0, 0.1) is 0 Å². The summed E-state index contributed by atoms with van der Waals surface area (Å²) >= 11 is 0. The average Bonchev–Trinajstić information content (AvgIpc) is 3.35. The number of carbonyl (C=O) groups is 3. The van der Waals surface area contributed by atoms with Gasteiger partial charge in [0.2, 0.25) is 0 Å². The van der Waals surface area contributed by atoms with E-state index in [0.717, 1.165) is 135 Å². The molecular weight excluding hydrogens is 853 g/mol. The van der Waals surface area contributed by atoms with Gasteiger partial charge in [0.05, 0.1) is 0 Å². The number of unbranched alkanes of at least 4 members (excludes halogenated alkanes) is 6. The molecule has 0 heterocycles. The largest absolute Gasteiger partial charge is 0.462 e. The zero-order valence-corrected chi connectivity index (χ0v) is 43.5. The molecule has 382 valence electrons. The van der Waals surface area contributed by atoms with Gasteiger partial charge in [0, 0.05) is 19.3 Å². The van der Waals surface area contributed by atoms with E-state index in [0.29, 0.717) is 19.3 Å². The summed E-state index contributed by atoms with van der Waals surface area (Å²) in [4.78, 5) is 38.0. The highest BCUT2D eigenvalue weighted by molar-refractivity contribution is 5.71. The van der Waals surface area contributed by atoms with Gasteiger partial charge in [0.15, 0.2) is 6.10 Å². The number of hydrogen-bond donors (Lipinski definition) is 0. The average molecular weight is 947 g/mol. The van der Waals surface area contributed by atoms with Crippen LogP contribution in [-0.4, -0.2) is 37.2 Å². The fourth-order valence-electron chi connectivity index (χ4n) is 6.32. The Kier molecular flexibility index (Phi) is 51.2. The van der Waals surface area contributed by atoms with Crippen LogP contribution in [0.5, 0.6) is 0 Å². The van der Waals surface area contributed by atoms with Gasteiger partial charge >= 0.3 is 17.9 Å². The maximum absolute atomic E-state index is 12.8. The third-order valence-corrected chi connectivity index (χ3v) is 10.2. The predicted octanol–water partition coefficient (Wildman–Crippen LogP) is 18.0. The second-order valence-corrected chi connectivity index (χ2v) is 16.6. The Hall–Kier alpha value is -5.23. The van der Waals surface area contributed by atoms with E-state index in [1.165, 1.54) is 0 Å². The Bertz CT molecular complexity index is 1650. The molecule has 0 bridgehead atoms. The summed E-state index contributed by atoms with van der Waals surface area (Å²) in [5, 5.41) is 0. The molecule has 0 aromatic carbocycles. The van der Waals surface area contributed by atoms with Crippen molar-refractivity contribution in [2.24, 2.45) is 0 Å². The molecular formula is C63H94O6. The third-order valence-electron chi connectivity index (χ3n) is 10.2. The summed E-state index contributed by atoms with van der Waals surface area (Å²) < 4.78 is 16.7. The summed E-state index contributed by atoms with van der Waals surface area (Å²) in [7, 11) is 0. The van der Waals surface area contributed by atoms with Gasteiger partial charge in [-0.1, -0.05) is 197 Å². The van der Waals surface area contributed by atoms with Gasteiger partial charge in [-0.15, -0.1) is 0 Å². The van der Waals surface area contributed by atoms with Gasteiger partial charge in [-0.05, 0) is 141 Å². The minimum absolute atomic E-state index is 0.139. The first kappa shape index (κ1) is 63.8. The zero-order valence-electron chi connectivity index (χ0n) is 43.5. The second-order valence-electron chi connectivity index (χ2n) is 16.6. The van der Waals surface area contributed by atoms with Crippen LogP contribution in [0.2, 0.25) is 0 Å². The van der Waals surface area contributed by atoms with Crippen molar-refractivity contribution in [3.05, 3.63) is 170 Å². The first-order valence-corrected chi connectivity index (χ1v) is 26.6. The number of allylic oxidation sites excluding steroid dienone is 28. The van der Waals surface area contributed by atoms with Gasteiger partial charge in [0.1, 0.15) is 13.2 Å². The van der Waals surface area contributed by atoms with Gasteiger partial charge in [0.25, 0.3) is 0 Å². The van der Waals surface area contributed by atoms with E-state index in [1.54, 1.807) is 0 Å². The molecule has 0 fully saturated rings. The van der Waals surface area contributed by atoms with E-state index < -0.39 is 6.10 Å². The Morgan fingerprint density at radius 1 is 0.290 bits per heavy atom. The third kappa shape index (κ3) is 53.6. The van der Waals surface area contributed by atoms with Crippen LogP contribution in [0.4, 0.5) is 0 Å². The molecule has 69 heavy (non-hydrogen) atoms. The SMILES string of the molecule is CC/C=C\C/C=C\C/C=C\C/C=C\C/C=C\CCCCCC(=O)OC[C@H](COC(=O)CCC/C=C\C/C=C\C/C=C\C/C=C\C/C=C\CC)OC(=O)CCCC/C=C\C/C=C\C/C=C\C/C=C\CC. The highest BCUT2D eigenvalue weighted by atomic mass is 16.6. The predicted molar refractivity (Wildman–Crippen MR) is 297 cm³/mol. The molecule has 0 saturated heterocycles. The van der Waals surface area contributed by atoms with Gasteiger partial charge in [-0.25, -0.2) is 0 Å². The van der Waals surface area contributed by atoms with E-state index >= 15 is 0 Å². The quantitative estimate of drug-likeness (QED) is 0.0262. The van der Waals surface area contributed by atoms with Crippen molar-refractivity contribution in [2.75, 3.05) is 13.2 Å². The molecule has 0 saturated carbocycles. The highest BCUT2D eigenvalue weighted by Gasteiger charge is 2.19. The minimum Gasteiger partial charge on any atom is -0.462 e. The number of ether oxygens (including phenoxy) is 3. The summed E-state index contributed by atoms with van der Waals surface area (Å²) in [5.74, 6) is -1.09. The molecule has 0 N–H and O–H groups in total. The zero-order chi connectivity index (χ0) is 50.0. The Labute approximate surface area is 422 Å². The Morgan fingerprint density at radius 2 is 0.536 bits per heavy atom. The van der Waals surface area contributed by atoms with Crippen LogP contribution < -0.4 is 0 Å². The lowest BCUT2D eigenvalue weighted by Crippen LogP contribution is -2.30. The summed E-state index contributed by atoms with van der Waals surface area (Å²) in [5.41, 5.74) is 0. The van der Waals surface area contributed by atoms with E-state index in [9.17, 15) is 14.4 Å². The number of carbonyl (C=O) groups excluding carboxylic acids is 3. The van der Waals surface area contributed by atoms with Crippen LogP contribution in [0.1, 0.15) is 188 Å². The van der Waals surface area contributed by atoms with E-state index in [1.807, 2.05) is 0 Å². The van der Waals surface area contributed by atoms with Crippen LogP contribution in [0.3, 0.4) is 0 Å². The Balaban J connectivity index is 4.64. The smallest absolute Gasteiger partial charge is 0.306 e. The number of esters is 3. The first-order valence-electron chi connectivity index (χ1n) is 26.6. The highest BCUT2D eigenvalue weighted by Crippen LogP contribution is 2.10.